The van der Waals surface area contributed by atoms with Crippen LogP contribution in [0.25, 0.3) is 0 Å². The van der Waals surface area contributed by atoms with Gasteiger partial charge in [-0.1, -0.05) is 19.8 Å². The second kappa shape index (κ2) is 30.6. The molecular weight excluding hydrogens is 307 g/mol. The van der Waals surface area contributed by atoms with E-state index >= 15 is 0 Å². The van der Waals surface area contributed by atoms with E-state index in [4.69, 9.17) is 15.3 Å². The molecule has 0 amide bonds. The molecule has 18 heavy (non-hydrogen) atoms. The molecule has 0 aliphatic rings. The first-order valence-electron chi connectivity index (χ1n) is 6.45. The Balaban J connectivity index is -0.0000000412. The van der Waals surface area contributed by atoms with Gasteiger partial charge in [0.25, 0.3) is 0 Å². The molecule has 0 atom stereocenters. The molecule has 3 nitrogen and oxygen atoms in total. The minimum absolute atomic E-state index is 0. The van der Waals surface area contributed by atoms with Crippen molar-refractivity contribution in [1.29, 1.82) is 0 Å². The average Bonchev–Trinajstić information content (AvgIpc) is 2.01. The van der Waals surface area contributed by atoms with Gasteiger partial charge in [-0.05, 0) is 41.5 Å². The average molecular weight is 343 g/mol. The zero-order valence-electron chi connectivity index (χ0n) is 13.4. The first-order valence-corrected chi connectivity index (χ1v) is 6.45. The molecule has 0 radical (unpaired) electrons. The van der Waals surface area contributed by atoms with Gasteiger partial charge < -0.3 is 22.2 Å². The van der Waals surface area contributed by atoms with Gasteiger partial charge in [0.1, 0.15) is 0 Å². The van der Waals surface area contributed by atoms with Gasteiger partial charge in [-0.15, -0.1) is 0 Å². The molecule has 114 valence electrons. The Bertz CT molecular complexity index is 72.5. The van der Waals surface area contributed by atoms with Gasteiger partial charge in [0, 0.05) is 44.5 Å². The number of aliphatic hydroxyl groups excluding tert-OH is 3. The normalized spacial score (nSPS) is 8.33. The van der Waals surface area contributed by atoms with Crippen LogP contribution in [-0.2, 0) is 26.2 Å². The maximum atomic E-state index is 8.06. The molecule has 0 aromatic carbocycles. The summed E-state index contributed by atoms with van der Waals surface area (Å²) in [5, 5.41) is 24.2. The van der Waals surface area contributed by atoms with Crippen molar-refractivity contribution in [2.24, 2.45) is 0 Å². The Morgan fingerprint density at radius 1 is 0.778 bits per heavy atom. The summed E-state index contributed by atoms with van der Waals surface area (Å²) < 4.78 is 0. The Kier molecular flexibility index (Phi) is 53.2. The van der Waals surface area contributed by atoms with Gasteiger partial charge >= 0.3 is 0 Å². The molecule has 4 heteroatoms. The van der Waals surface area contributed by atoms with Crippen molar-refractivity contribution in [3.63, 3.8) is 0 Å². The first kappa shape index (κ1) is 31.3. The van der Waals surface area contributed by atoms with Gasteiger partial charge in [-0.25, -0.2) is 0 Å². The molecule has 0 aromatic heterocycles. The van der Waals surface area contributed by atoms with Crippen molar-refractivity contribution in [1.82, 2.24) is 0 Å². The van der Waals surface area contributed by atoms with Crippen molar-refractivity contribution in [2.45, 2.75) is 86.0 Å². The maximum absolute atomic E-state index is 8.06. The van der Waals surface area contributed by atoms with Crippen molar-refractivity contribution < 1.29 is 41.5 Å². The molecule has 0 aliphatic carbocycles. The summed E-state index contributed by atoms with van der Waals surface area (Å²) in [6.07, 6.45) is 3.15. The van der Waals surface area contributed by atoms with Crippen molar-refractivity contribution in [2.75, 3.05) is 0 Å². The molecule has 0 rings (SSSR count). The fourth-order valence-corrected chi connectivity index (χ4v) is 0.250. The van der Waals surface area contributed by atoms with Crippen LogP contribution in [0.5, 0.6) is 0 Å². The molecule has 0 heterocycles. The van der Waals surface area contributed by atoms with Gasteiger partial charge in [0.2, 0.25) is 0 Å². The third-order valence-electron chi connectivity index (χ3n) is 0.604. The van der Waals surface area contributed by atoms with Crippen LogP contribution in [0.4, 0.5) is 0 Å². The van der Waals surface area contributed by atoms with Crippen LogP contribution in [0.2, 0.25) is 0 Å². The molecule has 0 saturated heterocycles. The van der Waals surface area contributed by atoms with E-state index in [1.807, 2.05) is 0 Å². The largest absolute Gasteiger partial charge is 0.394 e. The molecular formula is C14H35O3Zr-. The number of rotatable bonds is 2. The van der Waals surface area contributed by atoms with Crippen LogP contribution in [0.3, 0.4) is 0 Å². The van der Waals surface area contributed by atoms with Crippen LogP contribution in [-0.4, -0.2) is 33.6 Å². The molecule has 0 unspecified atom stereocenters. The predicted octanol–water partition coefficient (Wildman–Crippen LogP) is 3.17. The Hall–Kier alpha value is 0.763. The van der Waals surface area contributed by atoms with E-state index in [9.17, 15) is 0 Å². The molecule has 3 N–H and O–H groups in total. The van der Waals surface area contributed by atoms with Crippen molar-refractivity contribution in [3.8, 4) is 0 Å². The van der Waals surface area contributed by atoms with E-state index in [2.05, 4.69) is 13.8 Å². The Labute approximate surface area is 134 Å². The number of hydrogen-bond acceptors (Lipinski definition) is 3. The third kappa shape index (κ3) is 546. The van der Waals surface area contributed by atoms with Crippen LogP contribution < -0.4 is 0 Å². The van der Waals surface area contributed by atoms with Crippen LogP contribution >= 0.6 is 0 Å². The summed E-state index contributed by atoms with van der Waals surface area (Å²) >= 11 is 0. The SMILES string of the molecule is CC(C)O.CC(C)O.CC(C)O.[CH2-]CCCC.[Zr]. The minimum Gasteiger partial charge on any atom is -0.394 e. The summed E-state index contributed by atoms with van der Waals surface area (Å²) in [7, 11) is 0. The molecule has 0 aromatic rings. The molecule has 0 fully saturated rings. The fraction of sp³-hybridized carbons (Fsp3) is 0.929. The summed E-state index contributed by atoms with van der Waals surface area (Å²) in [6, 6.07) is 0. The maximum Gasteiger partial charge on any atom is 0.0483 e. The van der Waals surface area contributed by atoms with E-state index < -0.39 is 0 Å². The summed E-state index contributed by atoms with van der Waals surface area (Å²) in [4.78, 5) is 0. The van der Waals surface area contributed by atoms with Crippen LogP contribution in [0, 0.1) is 6.92 Å². The zero-order valence-corrected chi connectivity index (χ0v) is 15.9. The standard InChI is InChI=1S/C5H11.3C3H8O.Zr/c1-3-5-4-2;3*1-3(2)4;/h1,3-5H2,2H3;3*3-4H,1-2H3;/q-1;;;;. The van der Waals surface area contributed by atoms with Crippen LogP contribution in [0.1, 0.15) is 67.7 Å². The number of unbranched alkanes of at least 4 members (excludes halogenated alkanes) is 2. The molecule has 0 aliphatic heterocycles. The van der Waals surface area contributed by atoms with E-state index in [0.29, 0.717) is 0 Å². The second-order valence-electron chi connectivity index (χ2n) is 4.49. The Morgan fingerprint density at radius 3 is 0.944 bits per heavy atom. The summed E-state index contributed by atoms with van der Waals surface area (Å²) in [5.74, 6) is 0. The summed E-state index contributed by atoms with van der Waals surface area (Å²) in [5.41, 5.74) is 0. The molecule has 0 spiro atoms. The Morgan fingerprint density at radius 2 is 0.944 bits per heavy atom. The van der Waals surface area contributed by atoms with Crippen LogP contribution in [0.15, 0.2) is 0 Å². The van der Waals surface area contributed by atoms with Crippen molar-refractivity contribution in [3.05, 3.63) is 6.92 Å². The van der Waals surface area contributed by atoms with E-state index in [-0.39, 0.29) is 44.5 Å². The van der Waals surface area contributed by atoms with Gasteiger partial charge in [0.05, 0.1) is 0 Å². The predicted molar refractivity (Wildman–Crippen MR) is 76.9 cm³/mol. The smallest absolute Gasteiger partial charge is 0.0483 e. The monoisotopic (exact) mass is 341 g/mol. The van der Waals surface area contributed by atoms with E-state index in [1.165, 1.54) is 12.8 Å². The number of hydrogen-bond donors (Lipinski definition) is 3. The summed E-state index contributed by atoms with van der Waals surface area (Å²) in [6.45, 7) is 16.2. The van der Waals surface area contributed by atoms with E-state index in [0.717, 1.165) is 6.42 Å². The van der Waals surface area contributed by atoms with Gasteiger partial charge in [-0.2, -0.15) is 6.42 Å². The first-order chi connectivity index (χ1) is 7.61. The van der Waals surface area contributed by atoms with Crippen molar-refractivity contribution >= 4 is 0 Å². The van der Waals surface area contributed by atoms with Gasteiger partial charge in [0.15, 0.2) is 0 Å². The number of aliphatic hydroxyl groups is 3. The molecule has 0 bridgehead atoms. The zero-order chi connectivity index (χ0) is 14.9. The molecule has 0 saturated carbocycles. The van der Waals surface area contributed by atoms with Gasteiger partial charge in [-0.3, -0.25) is 0 Å². The topological polar surface area (TPSA) is 60.7 Å². The fourth-order valence-electron chi connectivity index (χ4n) is 0.250. The third-order valence-corrected chi connectivity index (χ3v) is 0.604. The second-order valence-corrected chi connectivity index (χ2v) is 4.49. The van der Waals surface area contributed by atoms with E-state index in [1.54, 1.807) is 41.5 Å². The minimum atomic E-state index is -0.167. The quantitative estimate of drug-likeness (QED) is 0.676.